The summed E-state index contributed by atoms with van der Waals surface area (Å²) in [5.41, 5.74) is 7.07. The molecule has 0 aliphatic rings. The zero-order valence-electron chi connectivity index (χ0n) is 7.61. The number of nitrogens with two attached hydrogens (primary N) is 1. The Hall–Kier alpha value is -1.55. The predicted octanol–water partition coefficient (Wildman–Crippen LogP) is 1.81. The van der Waals surface area contributed by atoms with E-state index in [2.05, 4.69) is 10.1 Å². The fourth-order valence-corrected chi connectivity index (χ4v) is 1.43. The summed E-state index contributed by atoms with van der Waals surface area (Å²) in [6.07, 6.45) is 1.48. The highest BCUT2D eigenvalue weighted by Crippen LogP contribution is 2.22. The number of nitrogens with zero attached hydrogens (tertiary/aromatic N) is 3. The molecule has 0 saturated heterocycles. The van der Waals surface area contributed by atoms with Crippen LogP contribution in [0.2, 0.25) is 5.02 Å². The Morgan fingerprint density at radius 1 is 1.43 bits per heavy atom. The van der Waals surface area contributed by atoms with Crippen molar-refractivity contribution < 1.29 is 0 Å². The molecule has 0 fully saturated rings. The monoisotopic (exact) mass is 208 g/mol. The van der Waals surface area contributed by atoms with Gasteiger partial charge in [-0.3, -0.25) is 0 Å². The van der Waals surface area contributed by atoms with Crippen molar-refractivity contribution in [3.8, 4) is 5.69 Å². The van der Waals surface area contributed by atoms with E-state index in [1.807, 2.05) is 6.92 Å². The van der Waals surface area contributed by atoms with Crippen LogP contribution < -0.4 is 5.73 Å². The third-order valence-electron chi connectivity index (χ3n) is 1.92. The maximum atomic E-state index is 6.02. The van der Waals surface area contributed by atoms with Gasteiger partial charge in [0, 0.05) is 5.69 Å². The normalized spacial score (nSPS) is 10.4. The number of benzene rings is 1. The Bertz CT molecular complexity index is 464. The van der Waals surface area contributed by atoms with Gasteiger partial charge in [-0.1, -0.05) is 11.6 Å². The Morgan fingerprint density at radius 3 is 2.86 bits per heavy atom. The first-order valence-corrected chi connectivity index (χ1v) is 4.48. The fraction of sp³-hybridized carbons (Fsp3) is 0.111. The minimum Gasteiger partial charge on any atom is -0.399 e. The number of rotatable bonds is 1. The van der Waals surface area contributed by atoms with Crippen molar-refractivity contribution in [3.63, 3.8) is 0 Å². The van der Waals surface area contributed by atoms with E-state index < -0.39 is 0 Å². The zero-order chi connectivity index (χ0) is 10.1. The van der Waals surface area contributed by atoms with Crippen LogP contribution in [-0.2, 0) is 0 Å². The molecular weight excluding hydrogens is 200 g/mol. The number of hydrogen-bond acceptors (Lipinski definition) is 3. The maximum absolute atomic E-state index is 6.02. The predicted molar refractivity (Wildman–Crippen MR) is 55.5 cm³/mol. The van der Waals surface area contributed by atoms with Crippen LogP contribution in [0.15, 0.2) is 24.5 Å². The molecule has 2 aromatic rings. The van der Waals surface area contributed by atoms with E-state index in [1.54, 1.807) is 22.9 Å². The number of aryl methyl sites for hydroxylation is 1. The lowest BCUT2D eigenvalue weighted by Gasteiger charge is -2.06. The molecule has 0 aliphatic carbocycles. The minimum atomic E-state index is 0.604. The van der Waals surface area contributed by atoms with Crippen molar-refractivity contribution >= 4 is 17.3 Å². The van der Waals surface area contributed by atoms with Gasteiger partial charge in [-0.25, -0.2) is 9.67 Å². The molecule has 14 heavy (non-hydrogen) atoms. The molecule has 0 radical (unpaired) electrons. The summed E-state index contributed by atoms with van der Waals surface area (Å²) in [5.74, 6) is 0.775. The van der Waals surface area contributed by atoms with Gasteiger partial charge in [0.25, 0.3) is 0 Å². The standard InChI is InChI=1S/C9H9ClN4/c1-6-12-5-13-14(6)9-4-7(11)2-3-8(9)10/h2-5H,11H2,1H3. The molecule has 0 spiro atoms. The Balaban J connectivity index is 2.62. The molecule has 1 aromatic heterocycles. The van der Waals surface area contributed by atoms with Gasteiger partial charge in [0.1, 0.15) is 12.2 Å². The first-order valence-electron chi connectivity index (χ1n) is 4.10. The van der Waals surface area contributed by atoms with Crippen molar-refractivity contribution in [2.45, 2.75) is 6.92 Å². The molecule has 1 aromatic carbocycles. The third kappa shape index (κ3) is 1.44. The lowest BCUT2D eigenvalue weighted by molar-refractivity contribution is 0.841. The van der Waals surface area contributed by atoms with Gasteiger partial charge in [0.05, 0.1) is 10.7 Å². The first kappa shape index (κ1) is 9.02. The quantitative estimate of drug-likeness (QED) is 0.728. The van der Waals surface area contributed by atoms with E-state index in [4.69, 9.17) is 17.3 Å². The van der Waals surface area contributed by atoms with E-state index in [0.717, 1.165) is 11.5 Å². The van der Waals surface area contributed by atoms with Crippen LogP contribution in [0.1, 0.15) is 5.82 Å². The Kier molecular flexibility index (Phi) is 2.13. The number of anilines is 1. The Labute approximate surface area is 86.3 Å². The molecule has 2 rings (SSSR count). The summed E-state index contributed by atoms with van der Waals surface area (Å²) in [5, 5.41) is 4.66. The van der Waals surface area contributed by atoms with Crippen LogP contribution in [0.4, 0.5) is 5.69 Å². The van der Waals surface area contributed by atoms with Crippen LogP contribution in [0.25, 0.3) is 5.69 Å². The van der Waals surface area contributed by atoms with Crippen LogP contribution >= 0.6 is 11.6 Å². The van der Waals surface area contributed by atoms with Gasteiger partial charge in [-0.2, -0.15) is 5.10 Å². The highest BCUT2D eigenvalue weighted by atomic mass is 35.5. The number of hydrogen-bond donors (Lipinski definition) is 1. The summed E-state index contributed by atoms with van der Waals surface area (Å²) >= 11 is 6.02. The lowest BCUT2D eigenvalue weighted by Crippen LogP contribution is -2.01. The number of halogens is 1. The molecule has 0 atom stereocenters. The van der Waals surface area contributed by atoms with Crippen LogP contribution in [0, 0.1) is 6.92 Å². The smallest absolute Gasteiger partial charge is 0.138 e. The van der Waals surface area contributed by atoms with Gasteiger partial charge >= 0.3 is 0 Å². The Morgan fingerprint density at radius 2 is 2.21 bits per heavy atom. The van der Waals surface area contributed by atoms with Crippen LogP contribution in [0.3, 0.4) is 0 Å². The van der Waals surface area contributed by atoms with Gasteiger partial charge in [0.15, 0.2) is 0 Å². The zero-order valence-corrected chi connectivity index (χ0v) is 8.36. The van der Waals surface area contributed by atoms with E-state index in [0.29, 0.717) is 10.7 Å². The summed E-state index contributed by atoms with van der Waals surface area (Å²) in [7, 11) is 0. The second kappa shape index (κ2) is 3.31. The molecule has 0 unspecified atom stereocenters. The molecule has 1 heterocycles. The average Bonchev–Trinajstić information content (AvgIpc) is 2.56. The summed E-state index contributed by atoms with van der Waals surface area (Å²) in [6, 6.07) is 5.26. The van der Waals surface area contributed by atoms with E-state index in [1.165, 1.54) is 6.33 Å². The van der Waals surface area contributed by atoms with Gasteiger partial charge in [-0.05, 0) is 25.1 Å². The molecule has 0 bridgehead atoms. The maximum Gasteiger partial charge on any atom is 0.138 e. The summed E-state index contributed by atoms with van der Waals surface area (Å²) in [4.78, 5) is 4.02. The fourth-order valence-electron chi connectivity index (χ4n) is 1.23. The summed E-state index contributed by atoms with van der Waals surface area (Å²) < 4.78 is 1.65. The molecule has 0 saturated carbocycles. The highest BCUT2D eigenvalue weighted by Gasteiger charge is 2.06. The number of nitrogen functional groups attached to an aromatic ring is 1. The van der Waals surface area contributed by atoms with Crippen molar-refractivity contribution in [2.24, 2.45) is 0 Å². The van der Waals surface area contributed by atoms with Gasteiger partial charge in [-0.15, -0.1) is 0 Å². The molecule has 2 N–H and O–H groups in total. The topological polar surface area (TPSA) is 56.7 Å². The first-order chi connectivity index (χ1) is 6.68. The third-order valence-corrected chi connectivity index (χ3v) is 2.24. The molecule has 5 heteroatoms. The van der Waals surface area contributed by atoms with Crippen molar-refractivity contribution in [2.75, 3.05) is 5.73 Å². The lowest BCUT2D eigenvalue weighted by atomic mass is 10.3. The largest absolute Gasteiger partial charge is 0.399 e. The highest BCUT2D eigenvalue weighted by molar-refractivity contribution is 6.32. The van der Waals surface area contributed by atoms with Crippen molar-refractivity contribution in [1.82, 2.24) is 14.8 Å². The summed E-state index contributed by atoms with van der Waals surface area (Å²) in [6.45, 7) is 1.85. The second-order valence-electron chi connectivity index (χ2n) is 2.93. The van der Waals surface area contributed by atoms with E-state index in [9.17, 15) is 0 Å². The van der Waals surface area contributed by atoms with Crippen molar-refractivity contribution in [1.29, 1.82) is 0 Å². The van der Waals surface area contributed by atoms with Crippen LogP contribution in [-0.4, -0.2) is 14.8 Å². The van der Waals surface area contributed by atoms with Crippen molar-refractivity contribution in [3.05, 3.63) is 35.4 Å². The average molecular weight is 209 g/mol. The van der Waals surface area contributed by atoms with Gasteiger partial charge in [0.2, 0.25) is 0 Å². The molecule has 4 nitrogen and oxygen atoms in total. The molecule has 0 amide bonds. The molecule has 0 aliphatic heterocycles. The number of aromatic nitrogens is 3. The van der Waals surface area contributed by atoms with Gasteiger partial charge < -0.3 is 5.73 Å². The molecule has 72 valence electrons. The van der Waals surface area contributed by atoms with Crippen LogP contribution in [0.5, 0.6) is 0 Å². The molecular formula is C9H9ClN4. The minimum absolute atomic E-state index is 0.604. The SMILES string of the molecule is Cc1ncnn1-c1cc(N)ccc1Cl. The second-order valence-corrected chi connectivity index (χ2v) is 3.34. The van der Waals surface area contributed by atoms with E-state index in [-0.39, 0.29) is 0 Å². The van der Waals surface area contributed by atoms with E-state index >= 15 is 0 Å².